The molecule has 1 saturated heterocycles. The Morgan fingerprint density at radius 1 is 0.796 bits per heavy atom. The summed E-state index contributed by atoms with van der Waals surface area (Å²) in [6.07, 6.45) is -5.30. The summed E-state index contributed by atoms with van der Waals surface area (Å²) in [7, 11) is 7.20. The first-order chi connectivity index (χ1) is 44.5. The molecule has 1 aliphatic rings. The molecule has 1 fully saturated rings. The fraction of sp³-hybridized carbons (Fsp3) is 0.397. The first kappa shape index (κ1) is 71.3. The molecule has 3 heterocycles. The van der Waals surface area contributed by atoms with Crippen molar-refractivity contribution in [3.8, 4) is 11.5 Å². The fourth-order valence-electron chi connectivity index (χ4n) is 9.88. The van der Waals surface area contributed by atoms with Crippen molar-refractivity contribution in [2.75, 3.05) is 57.0 Å². The summed E-state index contributed by atoms with van der Waals surface area (Å²) in [6.45, 7) is 4.64. The van der Waals surface area contributed by atoms with Gasteiger partial charge >= 0.3 is 24.0 Å². The van der Waals surface area contributed by atoms with Crippen LogP contribution < -0.4 is 41.4 Å². The number of hydrogen-bond donors (Lipinski definition) is 6. The highest BCUT2D eigenvalue weighted by Crippen LogP contribution is 2.43. The second-order valence-corrected chi connectivity index (χ2v) is 24.6. The third kappa shape index (κ3) is 19.5. The predicted octanol–water partition coefficient (Wildman–Crippen LogP) is 6.95. The molecule has 6 N–H and O–H groups in total. The van der Waals surface area contributed by atoms with Crippen LogP contribution in [0.15, 0.2) is 114 Å². The van der Waals surface area contributed by atoms with Crippen molar-refractivity contribution in [2.24, 2.45) is 5.92 Å². The normalized spacial score (nSPS) is 14.5. The lowest BCUT2D eigenvalue weighted by atomic mass is 9.80. The van der Waals surface area contributed by atoms with Crippen molar-refractivity contribution in [3.63, 3.8) is 0 Å². The van der Waals surface area contributed by atoms with Crippen molar-refractivity contribution >= 4 is 91.8 Å². The molecule has 93 heavy (non-hydrogen) atoms. The van der Waals surface area contributed by atoms with Gasteiger partial charge in [0, 0.05) is 60.4 Å². The van der Waals surface area contributed by atoms with Crippen LogP contribution in [0.3, 0.4) is 0 Å². The Kier molecular flexibility index (Phi) is 25.6. The van der Waals surface area contributed by atoms with Crippen molar-refractivity contribution in [2.45, 2.75) is 107 Å². The number of ether oxygens (including phenoxy) is 5. The molecule has 6 amide bonds. The summed E-state index contributed by atoms with van der Waals surface area (Å²) in [5.41, 5.74) is 0.448. The largest absolute Gasteiger partial charge is 0.497 e. The maximum Gasteiger partial charge on any atom is 0.471 e. The number of amides is 6. The molecule has 7 rings (SSSR count). The maximum absolute atomic E-state index is 14.3. The fourth-order valence-corrected chi connectivity index (χ4v) is 12.1. The van der Waals surface area contributed by atoms with Gasteiger partial charge in [-0.1, -0.05) is 97.0 Å². The molecule has 25 nitrogen and oxygen atoms in total. The Bertz CT molecular complexity index is 3600. The predicted molar refractivity (Wildman–Crippen MR) is 337 cm³/mol. The zero-order chi connectivity index (χ0) is 67.4. The van der Waals surface area contributed by atoms with E-state index in [-0.39, 0.29) is 103 Å². The lowest BCUT2D eigenvalue weighted by Crippen LogP contribution is -2.42. The lowest BCUT2D eigenvalue weighted by molar-refractivity contribution is -0.170. The Morgan fingerprint density at radius 2 is 1.44 bits per heavy atom. The summed E-state index contributed by atoms with van der Waals surface area (Å²) < 4.78 is 70.7. The number of benzene rings is 4. The van der Waals surface area contributed by atoms with E-state index in [9.17, 15) is 56.3 Å². The second-order valence-electron chi connectivity index (χ2n) is 21.6. The molecule has 4 atom stereocenters. The number of rotatable bonds is 31. The van der Waals surface area contributed by atoms with E-state index in [2.05, 4.69) is 35.9 Å². The molecule has 30 heteroatoms. The number of carbonyl (C=O) groups excluding carboxylic acids is 8. The van der Waals surface area contributed by atoms with E-state index in [0.717, 1.165) is 54.3 Å². The number of aromatic nitrogens is 4. The number of hydrogen-bond acceptors (Lipinski definition) is 20. The number of nitrogens with one attached hydrogen (secondary N) is 5. The molecule has 0 spiro atoms. The minimum absolute atomic E-state index is 0.00628. The van der Waals surface area contributed by atoms with Gasteiger partial charge in [-0.05, 0) is 78.1 Å². The van der Waals surface area contributed by atoms with Crippen LogP contribution >= 0.6 is 21.6 Å². The summed E-state index contributed by atoms with van der Waals surface area (Å²) in [5, 5.41) is 16.6. The van der Waals surface area contributed by atoms with Crippen LogP contribution in [-0.4, -0.2) is 154 Å². The molecular formula is C63H71F3N10O15S2. The Balaban J connectivity index is 0.915. The van der Waals surface area contributed by atoms with Gasteiger partial charge in [0.05, 0.1) is 65.4 Å². The summed E-state index contributed by atoms with van der Waals surface area (Å²) in [6, 6.07) is 27.1. The summed E-state index contributed by atoms with van der Waals surface area (Å²) >= 11 is 0. The lowest BCUT2D eigenvalue weighted by Gasteiger charge is -2.38. The van der Waals surface area contributed by atoms with Gasteiger partial charge in [0.1, 0.15) is 29.2 Å². The van der Waals surface area contributed by atoms with Crippen LogP contribution in [-0.2, 0) is 59.9 Å². The molecule has 4 aromatic carbocycles. The number of esters is 2. The van der Waals surface area contributed by atoms with Gasteiger partial charge < -0.3 is 39.2 Å². The first-order valence-corrected chi connectivity index (χ1v) is 31.7. The van der Waals surface area contributed by atoms with Crippen LogP contribution in [0.5, 0.6) is 11.5 Å². The van der Waals surface area contributed by atoms with E-state index in [1.165, 1.54) is 27.1 Å². The molecular weight excluding hydrogens is 1260 g/mol. The number of halogens is 3. The minimum Gasteiger partial charge on any atom is -0.497 e. The van der Waals surface area contributed by atoms with Crippen LogP contribution in [0.1, 0.15) is 98.5 Å². The maximum atomic E-state index is 14.3. The van der Waals surface area contributed by atoms with Gasteiger partial charge in [-0.15, -0.1) is 0 Å². The van der Waals surface area contributed by atoms with Crippen LogP contribution in [0, 0.1) is 5.92 Å². The van der Waals surface area contributed by atoms with Gasteiger partial charge in [0.2, 0.25) is 29.6 Å². The van der Waals surface area contributed by atoms with Crippen molar-refractivity contribution in [1.29, 1.82) is 0 Å². The van der Waals surface area contributed by atoms with Crippen molar-refractivity contribution in [3.05, 3.63) is 148 Å². The van der Waals surface area contributed by atoms with E-state index >= 15 is 0 Å². The Morgan fingerprint density at radius 3 is 2.04 bits per heavy atom. The molecule has 0 saturated carbocycles. The molecule has 1 unspecified atom stereocenters. The number of anilines is 2. The Labute approximate surface area is 540 Å². The monoisotopic (exact) mass is 1330 g/mol. The number of aromatic amines is 1. The number of hydroxylamine groups is 1. The number of fused-ring (bicyclic) bond motifs is 1. The summed E-state index contributed by atoms with van der Waals surface area (Å²) in [4.78, 5) is 132. The highest BCUT2D eigenvalue weighted by molar-refractivity contribution is 8.76. The highest BCUT2D eigenvalue weighted by Gasteiger charge is 2.45. The second kappa shape index (κ2) is 33.4. The van der Waals surface area contributed by atoms with Gasteiger partial charge in [0.15, 0.2) is 11.2 Å². The number of likely N-dealkylation sites (tertiary alicyclic amines) is 1. The van der Waals surface area contributed by atoms with Crippen molar-refractivity contribution < 1.29 is 80.4 Å². The first-order valence-electron chi connectivity index (χ1n) is 29.4. The van der Waals surface area contributed by atoms with Crippen molar-refractivity contribution in [1.82, 2.24) is 40.9 Å². The molecule has 496 valence electrons. The third-order valence-corrected chi connectivity index (χ3v) is 17.7. The van der Waals surface area contributed by atoms with Crippen LogP contribution in [0.25, 0.3) is 11.2 Å². The van der Waals surface area contributed by atoms with E-state index in [1.807, 2.05) is 85.8 Å². The topological polar surface area (TPSA) is 329 Å². The van der Waals surface area contributed by atoms with E-state index in [0.29, 0.717) is 28.6 Å². The van der Waals surface area contributed by atoms with E-state index in [4.69, 9.17) is 28.9 Å². The highest BCUT2D eigenvalue weighted by atomic mass is 33.1. The van der Waals surface area contributed by atoms with E-state index in [1.54, 1.807) is 33.0 Å². The van der Waals surface area contributed by atoms with Gasteiger partial charge in [-0.3, -0.25) is 58.8 Å². The standard InChI is InChI=1S/C63H71F3N10O15S2/c1-37(2)56(81)72-61-71-55-54(58(83)73-61)69-43(33-68-55)34-76(60(85)63(64,65)66)44-19-13-39(14-20-44)57(82)70-49(59(84)89-6)25-26-50(77)67-30-31-92-93-38(3)12-28-52(79)75-35-48(91-53(80)29-27-51(78)74-86)32-45(75)36-90-62(40-10-8-7-9-11-40,41-15-21-46(87-4)22-16-41)42-17-23-47(88-5)24-18-42/h7-11,13-24,33,37-38,45,48-49,86H,12,25-32,34-36H2,1-6H3,(H,67,77)(H,70,82)(H,74,78)(H2,68,71,72,73,81,83)/t38?,45-,48+,49-/m0/s1. The summed E-state index contributed by atoms with van der Waals surface area (Å²) in [5.74, 6) is -5.54. The molecule has 1 aliphatic heterocycles. The zero-order valence-electron chi connectivity index (χ0n) is 51.6. The number of H-pyrrole nitrogens is 1. The van der Waals surface area contributed by atoms with Crippen LogP contribution in [0.4, 0.5) is 24.8 Å². The smallest absolute Gasteiger partial charge is 0.471 e. The molecule has 6 aromatic rings. The third-order valence-electron chi connectivity index (χ3n) is 14.8. The van der Waals surface area contributed by atoms with E-state index < -0.39 is 89.5 Å². The quantitative estimate of drug-likeness (QED) is 0.00640. The number of carbonyl (C=O) groups is 8. The average Bonchev–Trinajstić information content (AvgIpc) is 1.13. The molecule has 2 aromatic heterocycles. The zero-order valence-corrected chi connectivity index (χ0v) is 53.2. The molecule has 0 bridgehead atoms. The van der Waals surface area contributed by atoms with Gasteiger partial charge in [0.25, 0.3) is 11.5 Å². The number of alkyl halides is 3. The number of methoxy groups -OCH3 is 3. The molecule has 0 radical (unpaired) electrons. The average molecular weight is 1330 g/mol. The Hall–Kier alpha value is -9.13. The minimum atomic E-state index is -5.37. The van der Waals surface area contributed by atoms with Gasteiger partial charge in [-0.2, -0.15) is 18.2 Å². The SMILES string of the molecule is COC(=O)[C@H](CCC(=O)NCCSSC(C)CCC(=O)N1C[C@H](OC(=O)CCC(=O)NO)C[C@H]1COC(c1ccccc1)(c1ccc(OC)cc1)c1ccc(OC)cc1)NC(=O)c1ccc(N(Cc2cnc3nc(NC(=O)C(C)C)[nH]c(=O)c3n2)C(=O)C(F)(F)F)cc1. The molecule has 0 aliphatic carbocycles. The number of nitrogens with zero attached hydrogens (tertiary/aromatic N) is 5. The van der Waals surface area contributed by atoms with Crippen LogP contribution in [0.2, 0.25) is 0 Å². The van der Waals surface area contributed by atoms with Gasteiger partial charge in [-0.25, -0.2) is 20.2 Å².